The fraction of sp³-hybridized carbons (Fsp3) is 0.0714. The third-order valence-electron chi connectivity index (χ3n) is 2.88. The van der Waals surface area contributed by atoms with E-state index in [1.54, 1.807) is 35.7 Å². The monoisotopic (exact) mass is 319 g/mol. The lowest BCUT2D eigenvalue weighted by Gasteiger charge is -2.07. The molecule has 0 saturated carbocycles. The molecule has 1 amide bonds. The van der Waals surface area contributed by atoms with Gasteiger partial charge in [0.05, 0.1) is 11.8 Å². The molecule has 1 aromatic carbocycles. The summed E-state index contributed by atoms with van der Waals surface area (Å²) < 4.78 is 1.85. The van der Waals surface area contributed by atoms with Gasteiger partial charge < -0.3 is 5.32 Å². The van der Waals surface area contributed by atoms with Gasteiger partial charge in [-0.3, -0.25) is 14.2 Å². The van der Waals surface area contributed by atoms with Crippen LogP contribution in [0.15, 0.2) is 46.8 Å². The molecule has 3 aromatic rings. The van der Waals surface area contributed by atoms with E-state index in [0.29, 0.717) is 20.9 Å². The fourth-order valence-electron chi connectivity index (χ4n) is 1.88. The summed E-state index contributed by atoms with van der Waals surface area (Å²) in [5, 5.41) is 5.10. The first-order valence-electron chi connectivity index (χ1n) is 6.11. The zero-order chi connectivity index (χ0) is 14.8. The number of nitrogens with zero attached hydrogens (tertiary/aromatic N) is 2. The maximum Gasteiger partial charge on any atom is 0.271 e. The highest BCUT2D eigenvalue weighted by Gasteiger charge is 2.09. The van der Waals surface area contributed by atoms with Crippen molar-refractivity contribution in [2.75, 3.05) is 5.32 Å². The molecular weight excluding hydrogens is 310 g/mol. The van der Waals surface area contributed by atoms with Crippen LogP contribution in [0.1, 0.15) is 0 Å². The van der Waals surface area contributed by atoms with Gasteiger partial charge in [0.2, 0.25) is 5.91 Å². The summed E-state index contributed by atoms with van der Waals surface area (Å²) in [7, 11) is 0. The van der Waals surface area contributed by atoms with Crippen molar-refractivity contribution in [2.24, 2.45) is 0 Å². The van der Waals surface area contributed by atoms with Crippen molar-refractivity contribution in [1.29, 1.82) is 0 Å². The normalized spacial score (nSPS) is 10.7. The summed E-state index contributed by atoms with van der Waals surface area (Å²) in [4.78, 5) is 28.3. The second-order valence-electron chi connectivity index (χ2n) is 4.37. The van der Waals surface area contributed by atoms with Gasteiger partial charge in [-0.2, -0.15) is 0 Å². The van der Waals surface area contributed by atoms with Crippen LogP contribution >= 0.6 is 22.9 Å². The third kappa shape index (κ3) is 2.96. The lowest BCUT2D eigenvalue weighted by atomic mass is 10.3. The number of hydrogen-bond donors (Lipinski definition) is 1. The van der Waals surface area contributed by atoms with E-state index in [-0.39, 0.29) is 18.0 Å². The molecule has 0 aliphatic heterocycles. The number of aromatic nitrogens is 2. The zero-order valence-corrected chi connectivity index (χ0v) is 12.3. The second kappa shape index (κ2) is 5.67. The van der Waals surface area contributed by atoms with E-state index in [9.17, 15) is 9.59 Å². The molecule has 1 N–H and O–H groups in total. The summed E-state index contributed by atoms with van der Waals surface area (Å²) in [6.07, 6.45) is 1.39. The Morgan fingerprint density at radius 3 is 2.81 bits per heavy atom. The highest BCUT2D eigenvalue weighted by molar-refractivity contribution is 7.17. The Balaban J connectivity index is 1.78. The number of carbonyl (C=O) groups is 1. The van der Waals surface area contributed by atoms with Crippen LogP contribution in [0, 0.1) is 0 Å². The number of anilines is 1. The molecule has 0 atom stereocenters. The molecule has 7 heteroatoms. The average molecular weight is 320 g/mol. The first-order valence-corrected chi connectivity index (χ1v) is 7.37. The van der Waals surface area contributed by atoms with Crippen LogP contribution in [-0.4, -0.2) is 15.5 Å². The highest BCUT2D eigenvalue weighted by Crippen LogP contribution is 2.14. The molecule has 5 nitrogen and oxygen atoms in total. The highest BCUT2D eigenvalue weighted by atomic mass is 35.5. The van der Waals surface area contributed by atoms with Crippen molar-refractivity contribution in [2.45, 2.75) is 6.54 Å². The summed E-state index contributed by atoms with van der Waals surface area (Å²) in [6, 6.07) is 8.54. The summed E-state index contributed by atoms with van der Waals surface area (Å²) in [6.45, 7) is -0.0811. The van der Waals surface area contributed by atoms with Crippen molar-refractivity contribution in [3.8, 4) is 0 Å². The average Bonchev–Trinajstić information content (AvgIpc) is 2.94. The number of rotatable bonds is 3. The minimum atomic E-state index is -0.294. The number of fused-ring (bicyclic) bond motifs is 1. The summed E-state index contributed by atoms with van der Waals surface area (Å²) >= 11 is 7.10. The Hall–Kier alpha value is -2.18. The van der Waals surface area contributed by atoms with Gasteiger partial charge in [0.25, 0.3) is 5.56 Å². The number of nitrogens with one attached hydrogen (secondary N) is 1. The molecule has 21 heavy (non-hydrogen) atoms. The van der Waals surface area contributed by atoms with Crippen LogP contribution in [0.25, 0.3) is 10.2 Å². The first-order chi connectivity index (χ1) is 10.1. The van der Waals surface area contributed by atoms with Crippen LogP contribution < -0.4 is 10.9 Å². The van der Waals surface area contributed by atoms with Gasteiger partial charge in [-0.25, -0.2) is 4.98 Å². The maximum absolute atomic E-state index is 12.2. The number of benzene rings is 1. The smallest absolute Gasteiger partial charge is 0.271 e. The Bertz CT molecular complexity index is 855. The minimum Gasteiger partial charge on any atom is -0.325 e. The van der Waals surface area contributed by atoms with E-state index in [1.807, 2.05) is 0 Å². The van der Waals surface area contributed by atoms with Crippen molar-refractivity contribution < 1.29 is 4.79 Å². The Morgan fingerprint density at radius 2 is 2.05 bits per heavy atom. The quantitative estimate of drug-likeness (QED) is 0.807. The van der Waals surface area contributed by atoms with Crippen molar-refractivity contribution in [1.82, 2.24) is 9.55 Å². The largest absolute Gasteiger partial charge is 0.325 e. The van der Waals surface area contributed by atoms with Crippen LogP contribution in [0.2, 0.25) is 5.02 Å². The second-order valence-corrected chi connectivity index (χ2v) is 5.72. The molecular formula is C14H10ClN3O2S. The zero-order valence-electron chi connectivity index (χ0n) is 10.7. The van der Waals surface area contributed by atoms with Gasteiger partial charge in [0.1, 0.15) is 11.2 Å². The fourth-order valence-corrected chi connectivity index (χ4v) is 2.80. The van der Waals surface area contributed by atoms with E-state index in [1.165, 1.54) is 22.2 Å². The molecule has 0 spiro atoms. The van der Waals surface area contributed by atoms with Gasteiger partial charge in [-0.1, -0.05) is 11.6 Å². The molecule has 2 heterocycles. The van der Waals surface area contributed by atoms with Crippen molar-refractivity contribution >= 4 is 44.7 Å². The Labute approximate surface area is 128 Å². The molecule has 0 unspecified atom stereocenters. The van der Waals surface area contributed by atoms with Gasteiger partial charge >= 0.3 is 0 Å². The summed E-state index contributed by atoms with van der Waals surface area (Å²) in [5.41, 5.74) is 1.07. The molecule has 0 saturated heterocycles. The van der Waals surface area contributed by atoms with Crippen molar-refractivity contribution in [3.63, 3.8) is 0 Å². The number of halogens is 1. The van der Waals surface area contributed by atoms with Crippen LogP contribution in [0.3, 0.4) is 0 Å². The minimum absolute atomic E-state index is 0.0811. The molecule has 0 radical (unpaired) electrons. The van der Waals surface area contributed by atoms with E-state index >= 15 is 0 Å². The van der Waals surface area contributed by atoms with Crippen LogP contribution in [0.5, 0.6) is 0 Å². The van der Waals surface area contributed by atoms with E-state index < -0.39 is 0 Å². The lowest BCUT2D eigenvalue weighted by molar-refractivity contribution is -0.116. The standard InChI is InChI=1S/C14H10ClN3O2S/c15-9-1-3-10(4-2-9)17-12(19)7-18-8-16-11-5-6-21-13(11)14(18)20/h1-6,8H,7H2,(H,17,19). The van der Waals surface area contributed by atoms with E-state index in [2.05, 4.69) is 10.3 Å². The number of amides is 1. The SMILES string of the molecule is O=C(Cn1cnc2ccsc2c1=O)Nc1ccc(Cl)cc1. The molecule has 3 rings (SSSR count). The van der Waals surface area contributed by atoms with Gasteiger partial charge in [-0.05, 0) is 35.7 Å². The molecule has 0 aliphatic carbocycles. The number of hydrogen-bond acceptors (Lipinski definition) is 4. The van der Waals surface area contributed by atoms with E-state index in [4.69, 9.17) is 11.6 Å². The molecule has 0 aliphatic rings. The number of thiophene rings is 1. The predicted octanol–water partition coefficient (Wildman–Crippen LogP) is 2.75. The van der Waals surface area contributed by atoms with E-state index in [0.717, 1.165) is 0 Å². The van der Waals surface area contributed by atoms with Crippen molar-refractivity contribution in [3.05, 3.63) is 57.4 Å². The molecule has 0 fully saturated rings. The summed E-state index contributed by atoms with van der Waals surface area (Å²) in [5.74, 6) is -0.294. The Morgan fingerprint density at radius 1 is 1.29 bits per heavy atom. The van der Waals surface area contributed by atoms with Crippen LogP contribution in [0.4, 0.5) is 5.69 Å². The topological polar surface area (TPSA) is 64.0 Å². The predicted molar refractivity (Wildman–Crippen MR) is 84.0 cm³/mol. The Kier molecular flexibility index (Phi) is 3.72. The van der Waals surface area contributed by atoms with Crippen LogP contribution in [-0.2, 0) is 11.3 Å². The maximum atomic E-state index is 12.2. The first kappa shape index (κ1) is 13.8. The molecule has 106 valence electrons. The molecule has 0 bridgehead atoms. The van der Waals surface area contributed by atoms with Gasteiger partial charge in [0.15, 0.2) is 0 Å². The number of carbonyl (C=O) groups excluding carboxylic acids is 1. The lowest BCUT2D eigenvalue weighted by Crippen LogP contribution is -2.27. The molecule has 2 aromatic heterocycles. The van der Waals surface area contributed by atoms with Gasteiger partial charge in [0, 0.05) is 10.7 Å². The third-order valence-corrected chi connectivity index (χ3v) is 4.02. The van der Waals surface area contributed by atoms with Gasteiger partial charge in [-0.15, -0.1) is 11.3 Å².